The summed E-state index contributed by atoms with van der Waals surface area (Å²) < 4.78 is 34.3. The van der Waals surface area contributed by atoms with Crippen molar-refractivity contribution in [2.75, 3.05) is 23.9 Å². The summed E-state index contributed by atoms with van der Waals surface area (Å²) >= 11 is 5.78. The van der Waals surface area contributed by atoms with Gasteiger partial charge in [-0.25, -0.2) is 23.6 Å². The van der Waals surface area contributed by atoms with Gasteiger partial charge in [0.05, 0.1) is 30.0 Å². The van der Waals surface area contributed by atoms with Gasteiger partial charge in [-0.1, -0.05) is 39.0 Å². The summed E-state index contributed by atoms with van der Waals surface area (Å²) in [6, 6.07) is 2.06. The van der Waals surface area contributed by atoms with Crippen molar-refractivity contribution in [3.8, 4) is 5.75 Å². The Morgan fingerprint density at radius 3 is 2.48 bits per heavy atom. The highest BCUT2D eigenvalue weighted by atomic mass is 35.5. The van der Waals surface area contributed by atoms with E-state index in [1.165, 1.54) is 32.5 Å². The number of nitrogens with zero attached hydrogens (tertiary/aromatic N) is 3. The molecule has 16 heteroatoms. The van der Waals surface area contributed by atoms with Gasteiger partial charge in [-0.15, -0.1) is 12.4 Å². The Morgan fingerprint density at radius 2 is 1.88 bits per heavy atom. The van der Waals surface area contributed by atoms with Gasteiger partial charge < -0.3 is 26.0 Å². The van der Waals surface area contributed by atoms with E-state index in [1.54, 1.807) is 20.8 Å². The summed E-state index contributed by atoms with van der Waals surface area (Å²) in [6.45, 7) is 10.5. The molecule has 4 N–H and O–H groups in total. The fourth-order valence-electron chi connectivity index (χ4n) is 5.04. The number of ether oxygens (including phenoxy) is 1. The van der Waals surface area contributed by atoms with Crippen LogP contribution in [0.5, 0.6) is 5.75 Å². The third-order valence-electron chi connectivity index (χ3n) is 7.60. The minimum absolute atomic E-state index is 0. The standard InChI is InChI=1S/C32H36ClF2N7O5.ClH/c1-7-24(43)39-16(2)29(44)41-27(32(3,4)5)31(46)42(30(45)20-9-8-12-36-20)22-13-17-21(14-23(22)47-6)37-15-38-28(17)40-19-11-10-18(34)25(33)26(19)35;/h7,10-11,13-16,20,27,36H,1,8-9,12H2,2-6H3,(H,39,43)(H,41,44)(H,37,38,40);1H/t16-,20-,27+;/m0./s1. The van der Waals surface area contributed by atoms with Crippen molar-refractivity contribution in [3.63, 3.8) is 0 Å². The molecule has 2 aromatic carbocycles. The van der Waals surface area contributed by atoms with E-state index in [0.717, 1.165) is 23.1 Å². The summed E-state index contributed by atoms with van der Waals surface area (Å²) in [7, 11) is 1.36. The maximum Gasteiger partial charge on any atom is 0.257 e. The van der Waals surface area contributed by atoms with Crippen LogP contribution in [0.25, 0.3) is 10.9 Å². The molecule has 4 amide bonds. The molecule has 0 spiro atoms. The topological polar surface area (TPSA) is 155 Å². The molecule has 3 atom stereocenters. The maximum absolute atomic E-state index is 14.8. The lowest BCUT2D eigenvalue weighted by Crippen LogP contribution is -2.60. The van der Waals surface area contributed by atoms with Crippen molar-refractivity contribution in [3.05, 3.63) is 59.9 Å². The van der Waals surface area contributed by atoms with Crippen molar-refractivity contribution in [2.45, 2.75) is 58.7 Å². The lowest BCUT2D eigenvalue weighted by molar-refractivity contribution is -0.134. The molecule has 0 unspecified atom stereocenters. The highest BCUT2D eigenvalue weighted by Crippen LogP contribution is 2.38. The lowest BCUT2D eigenvalue weighted by atomic mass is 9.85. The maximum atomic E-state index is 14.8. The predicted octanol–water partition coefficient (Wildman–Crippen LogP) is 4.57. The second kappa shape index (κ2) is 15.7. The highest BCUT2D eigenvalue weighted by Gasteiger charge is 2.42. The van der Waals surface area contributed by atoms with E-state index in [9.17, 15) is 28.0 Å². The van der Waals surface area contributed by atoms with Gasteiger partial charge in [-0.3, -0.25) is 19.2 Å². The Hall–Kier alpha value is -4.40. The smallest absolute Gasteiger partial charge is 0.257 e. The van der Waals surface area contributed by atoms with E-state index in [1.807, 2.05) is 0 Å². The number of benzene rings is 2. The number of aromatic nitrogens is 2. The molecule has 1 aliphatic rings. The van der Waals surface area contributed by atoms with Crippen LogP contribution in [0.4, 0.5) is 26.0 Å². The zero-order chi connectivity index (χ0) is 34.6. The molecule has 1 saturated heterocycles. The third-order valence-corrected chi connectivity index (χ3v) is 7.95. The molecule has 0 saturated carbocycles. The molecule has 2 heterocycles. The first-order valence-corrected chi connectivity index (χ1v) is 15.1. The van der Waals surface area contributed by atoms with Gasteiger partial charge >= 0.3 is 0 Å². The zero-order valence-electron chi connectivity index (χ0n) is 26.9. The van der Waals surface area contributed by atoms with Crippen LogP contribution in [0.3, 0.4) is 0 Å². The Kier molecular flexibility index (Phi) is 12.4. The third kappa shape index (κ3) is 8.17. The number of carbonyl (C=O) groups excluding carboxylic acids is 4. The minimum Gasteiger partial charge on any atom is -0.494 e. The van der Waals surface area contributed by atoms with Crippen LogP contribution in [0.2, 0.25) is 5.02 Å². The average Bonchev–Trinajstić information content (AvgIpc) is 3.58. The molecule has 1 aliphatic heterocycles. The predicted molar refractivity (Wildman–Crippen MR) is 181 cm³/mol. The minimum atomic E-state index is -1.26. The molecule has 48 heavy (non-hydrogen) atoms. The highest BCUT2D eigenvalue weighted by molar-refractivity contribution is 6.31. The number of halogens is 4. The van der Waals surface area contributed by atoms with Gasteiger partial charge in [0.15, 0.2) is 5.82 Å². The number of amides is 4. The molecule has 0 radical (unpaired) electrons. The van der Waals surface area contributed by atoms with Gasteiger partial charge in [0.2, 0.25) is 11.8 Å². The Bertz CT molecular complexity index is 1730. The number of fused-ring (bicyclic) bond motifs is 1. The molecular formula is C32H37Cl2F2N7O5. The monoisotopic (exact) mass is 707 g/mol. The van der Waals surface area contributed by atoms with Crippen LogP contribution in [0.1, 0.15) is 40.5 Å². The summed E-state index contributed by atoms with van der Waals surface area (Å²) in [6.07, 6.45) is 3.38. The van der Waals surface area contributed by atoms with Crippen molar-refractivity contribution >= 4 is 75.7 Å². The molecule has 12 nitrogen and oxygen atoms in total. The average molecular weight is 709 g/mol. The van der Waals surface area contributed by atoms with Gasteiger partial charge in [-0.05, 0) is 56.0 Å². The zero-order valence-corrected chi connectivity index (χ0v) is 28.5. The molecule has 0 aliphatic carbocycles. The van der Waals surface area contributed by atoms with E-state index < -0.39 is 63.8 Å². The van der Waals surface area contributed by atoms with Crippen molar-refractivity contribution in [2.24, 2.45) is 5.41 Å². The van der Waals surface area contributed by atoms with Crippen LogP contribution in [0.15, 0.2) is 43.2 Å². The van der Waals surface area contributed by atoms with E-state index in [2.05, 4.69) is 37.8 Å². The number of nitrogens with one attached hydrogen (secondary N) is 4. The first-order chi connectivity index (χ1) is 22.2. The van der Waals surface area contributed by atoms with Crippen LogP contribution in [-0.4, -0.2) is 65.4 Å². The van der Waals surface area contributed by atoms with Gasteiger partial charge in [0.25, 0.3) is 11.8 Å². The van der Waals surface area contributed by atoms with Crippen LogP contribution in [-0.2, 0) is 19.2 Å². The molecule has 3 aromatic rings. The van der Waals surface area contributed by atoms with E-state index in [-0.39, 0.29) is 40.7 Å². The summed E-state index contributed by atoms with van der Waals surface area (Å²) in [5.74, 6) is -4.43. The number of hydrogen-bond acceptors (Lipinski definition) is 9. The molecule has 0 bridgehead atoms. The lowest BCUT2D eigenvalue weighted by Gasteiger charge is -2.36. The number of carbonyl (C=O) groups is 4. The number of hydrogen-bond donors (Lipinski definition) is 4. The fraction of sp³-hybridized carbons (Fsp3) is 0.375. The SMILES string of the molecule is C=CC(=O)N[C@@H](C)C(=O)N[C@H](C(=O)N(C(=O)[C@@H]1CCCN1)c1cc2c(Nc3ccc(F)c(Cl)c3F)ncnc2cc1OC)C(C)(C)C.Cl. The van der Waals surface area contributed by atoms with Crippen LogP contribution in [0, 0.1) is 17.0 Å². The van der Waals surface area contributed by atoms with Gasteiger partial charge in [-0.2, -0.15) is 0 Å². The van der Waals surface area contributed by atoms with Crippen LogP contribution >= 0.6 is 24.0 Å². The molecule has 1 fully saturated rings. The van der Waals surface area contributed by atoms with E-state index >= 15 is 0 Å². The Labute approximate surface area is 287 Å². The molecule has 258 valence electrons. The number of methoxy groups -OCH3 is 1. The number of imide groups is 1. The molecular weight excluding hydrogens is 671 g/mol. The first kappa shape index (κ1) is 38.1. The van der Waals surface area contributed by atoms with Gasteiger partial charge in [0, 0.05) is 11.5 Å². The largest absolute Gasteiger partial charge is 0.494 e. The first-order valence-electron chi connectivity index (χ1n) is 14.8. The summed E-state index contributed by atoms with van der Waals surface area (Å²) in [4.78, 5) is 63.2. The molecule has 1 aromatic heterocycles. The quantitative estimate of drug-likeness (QED) is 0.175. The Morgan fingerprint density at radius 1 is 1.17 bits per heavy atom. The van der Waals surface area contributed by atoms with E-state index in [0.29, 0.717) is 24.9 Å². The number of rotatable bonds is 10. The van der Waals surface area contributed by atoms with Crippen molar-refractivity contribution < 1.29 is 32.7 Å². The second-order valence-corrected chi connectivity index (χ2v) is 12.4. The number of anilines is 3. The van der Waals surface area contributed by atoms with Crippen molar-refractivity contribution in [1.29, 1.82) is 0 Å². The normalized spacial score (nSPS) is 15.5. The van der Waals surface area contributed by atoms with E-state index in [4.69, 9.17) is 16.3 Å². The molecule has 4 rings (SSSR count). The van der Waals surface area contributed by atoms with Crippen molar-refractivity contribution in [1.82, 2.24) is 25.9 Å². The second-order valence-electron chi connectivity index (χ2n) is 12.0. The Balaban J connectivity index is 0.00000625. The fourth-order valence-corrected chi connectivity index (χ4v) is 5.21. The summed E-state index contributed by atoms with van der Waals surface area (Å²) in [5.41, 5.74) is -0.782. The van der Waals surface area contributed by atoms with Gasteiger partial charge in [0.1, 0.15) is 40.8 Å². The van der Waals surface area contributed by atoms with Crippen LogP contribution < -0.4 is 30.9 Å². The summed E-state index contributed by atoms with van der Waals surface area (Å²) in [5, 5.41) is 10.6.